The molecule has 0 bridgehead atoms. The first kappa shape index (κ1) is 10.9. The molecule has 2 heterocycles. The molecule has 1 atom stereocenters. The van der Waals surface area contributed by atoms with Crippen LogP contribution < -0.4 is 4.74 Å². The Balaban J connectivity index is 1.75. The normalized spacial score (nSPS) is 22.4. The Morgan fingerprint density at radius 1 is 1.35 bits per heavy atom. The summed E-state index contributed by atoms with van der Waals surface area (Å²) in [5, 5.41) is 0.696. The molecule has 0 N–H and O–H groups in total. The van der Waals surface area contributed by atoms with Crippen molar-refractivity contribution in [2.75, 3.05) is 13.1 Å². The molecule has 1 fully saturated rings. The van der Waals surface area contributed by atoms with E-state index in [1.165, 1.54) is 0 Å². The molecule has 0 aromatic heterocycles. The van der Waals surface area contributed by atoms with Gasteiger partial charge in [0.2, 0.25) is 0 Å². The van der Waals surface area contributed by atoms with Gasteiger partial charge < -0.3 is 9.64 Å². The van der Waals surface area contributed by atoms with Crippen LogP contribution in [0.3, 0.4) is 0 Å². The van der Waals surface area contributed by atoms with E-state index >= 15 is 0 Å². The van der Waals surface area contributed by atoms with E-state index in [0.29, 0.717) is 11.4 Å². The van der Waals surface area contributed by atoms with Crippen molar-refractivity contribution in [2.45, 2.75) is 25.4 Å². The van der Waals surface area contributed by atoms with Gasteiger partial charge in [0.25, 0.3) is 5.91 Å². The van der Waals surface area contributed by atoms with Crippen LogP contribution in [0.4, 0.5) is 0 Å². The molecule has 1 aromatic rings. The van der Waals surface area contributed by atoms with E-state index in [9.17, 15) is 4.79 Å². The molecule has 17 heavy (non-hydrogen) atoms. The van der Waals surface area contributed by atoms with Crippen LogP contribution in [0.25, 0.3) is 0 Å². The molecule has 0 spiro atoms. The number of hydrogen-bond donors (Lipinski definition) is 0. The standard InChI is InChI=1S/C13H14ClNO2/c14-10-3-4-11-9(7-10)8-12(17-11)13(16)15-5-1-2-6-15/h3-4,7,12H,1-2,5-6,8H2. The van der Waals surface area contributed by atoms with Gasteiger partial charge in [0.15, 0.2) is 6.10 Å². The van der Waals surface area contributed by atoms with Gasteiger partial charge in [0.1, 0.15) is 5.75 Å². The highest BCUT2D eigenvalue weighted by atomic mass is 35.5. The third kappa shape index (κ3) is 2.00. The van der Waals surface area contributed by atoms with Crippen LogP contribution in [0.5, 0.6) is 5.75 Å². The van der Waals surface area contributed by atoms with Crippen LogP contribution in [-0.4, -0.2) is 30.0 Å². The smallest absolute Gasteiger partial charge is 0.263 e. The van der Waals surface area contributed by atoms with Gasteiger partial charge in [-0.3, -0.25) is 4.79 Å². The van der Waals surface area contributed by atoms with Crippen molar-refractivity contribution >= 4 is 17.5 Å². The van der Waals surface area contributed by atoms with Gasteiger partial charge in [-0.25, -0.2) is 0 Å². The van der Waals surface area contributed by atoms with Gasteiger partial charge in [-0.15, -0.1) is 0 Å². The summed E-state index contributed by atoms with van der Waals surface area (Å²) in [7, 11) is 0. The molecule has 0 aliphatic carbocycles. The fourth-order valence-corrected chi connectivity index (χ4v) is 2.69. The molecule has 1 saturated heterocycles. The second-order valence-corrected chi connectivity index (χ2v) is 5.03. The first-order valence-corrected chi connectivity index (χ1v) is 6.36. The number of likely N-dealkylation sites (tertiary alicyclic amines) is 1. The molecule has 3 rings (SSSR count). The second-order valence-electron chi connectivity index (χ2n) is 4.60. The molecular formula is C13H14ClNO2. The summed E-state index contributed by atoms with van der Waals surface area (Å²) >= 11 is 5.93. The minimum Gasteiger partial charge on any atom is -0.480 e. The van der Waals surface area contributed by atoms with Crippen molar-refractivity contribution in [3.05, 3.63) is 28.8 Å². The summed E-state index contributed by atoms with van der Waals surface area (Å²) in [5.41, 5.74) is 1.04. The summed E-state index contributed by atoms with van der Waals surface area (Å²) < 4.78 is 5.69. The maximum absolute atomic E-state index is 12.2. The van der Waals surface area contributed by atoms with E-state index in [0.717, 1.165) is 37.2 Å². The maximum atomic E-state index is 12.2. The van der Waals surface area contributed by atoms with Crippen LogP contribution >= 0.6 is 11.6 Å². The van der Waals surface area contributed by atoms with Crippen molar-refractivity contribution in [3.8, 4) is 5.75 Å². The van der Waals surface area contributed by atoms with Crippen LogP contribution in [-0.2, 0) is 11.2 Å². The first-order chi connectivity index (χ1) is 8.24. The lowest BCUT2D eigenvalue weighted by Crippen LogP contribution is -2.39. The monoisotopic (exact) mass is 251 g/mol. The molecule has 2 aliphatic heterocycles. The fourth-order valence-electron chi connectivity index (χ4n) is 2.50. The zero-order chi connectivity index (χ0) is 11.8. The Kier molecular flexibility index (Phi) is 2.71. The molecule has 1 unspecified atom stereocenters. The summed E-state index contributed by atoms with van der Waals surface area (Å²) in [4.78, 5) is 14.1. The van der Waals surface area contributed by atoms with E-state index < -0.39 is 0 Å². The fraction of sp³-hybridized carbons (Fsp3) is 0.462. The number of carbonyl (C=O) groups is 1. The molecule has 2 aliphatic rings. The molecule has 1 aromatic carbocycles. The zero-order valence-corrected chi connectivity index (χ0v) is 10.2. The Morgan fingerprint density at radius 2 is 2.12 bits per heavy atom. The number of halogens is 1. The number of benzene rings is 1. The highest BCUT2D eigenvalue weighted by Gasteiger charge is 2.33. The summed E-state index contributed by atoms with van der Waals surface area (Å²) in [6.07, 6.45) is 2.52. The van der Waals surface area contributed by atoms with Gasteiger partial charge in [0.05, 0.1) is 0 Å². The average molecular weight is 252 g/mol. The van der Waals surface area contributed by atoms with E-state index in [1.807, 2.05) is 17.0 Å². The van der Waals surface area contributed by atoms with Gasteiger partial charge in [-0.2, -0.15) is 0 Å². The van der Waals surface area contributed by atoms with Crippen molar-refractivity contribution < 1.29 is 9.53 Å². The topological polar surface area (TPSA) is 29.5 Å². The lowest BCUT2D eigenvalue weighted by atomic mass is 10.1. The van der Waals surface area contributed by atoms with E-state index in [-0.39, 0.29) is 12.0 Å². The third-order valence-corrected chi connectivity index (χ3v) is 3.63. The summed E-state index contributed by atoms with van der Waals surface area (Å²) in [5.74, 6) is 0.918. The molecule has 90 valence electrons. The molecule has 0 radical (unpaired) electrons. The minimum atomic E-state index is -0.346. The van der Waals surface area contributed by atoms with Crippen LogP contribution in [0.1, 0.15) is 18.4 Å². The number of nitrogens with zero attached hydrogens (tertiary/aromatic N) is 1. The highest BCUT2D eigenvalue weighted by Crippen LogP contribution is 2.32. The molecule has 0 saturated carbocycles. The number of carbonyl (C=O) groups excluding carboxylic acids is 1. The van der Waals surface area contributed by atoms with E-state index in [4.69, 9.17) is 16.3 Å². The van der Waals surface area contributed by atoms with Crippen LogP contribution in [0, 0.1) is 0 Å². The maximum Gasteiger partial charge on any atom is 0.263 e. The minimum absolute atomic E-state index is 0.120. The quantitative estimate of drug-likeness (QED) is 0.766. The highest BCUT2D eigenvalue weighted by molar-refractivity contribution is 6.30. The Bertz CT molecular complexity index is 455. The lowest BCUT2D eigenvalue weighted by molar-refractivity contribution is -0.136. The van der Waals surface area contributed by atoms with Gasteiger partial charge in [-0.1, -0.05) is 11.6 Å². The zero-order valence-electron chi connectivity index (χ0n) is 9.49. The van der Waals surface area contributed by atoms with Crippen LogP contribution in [0.15, 0.2) is 18.2 Å². The number of amides is 1. The summed E-state index contributed by atoms with van der Waals surface area (Å²) in [6, 6.07) is 5.52. The Morgan fingerprint density at radius 3 is 2.88 bits per heavy atom. The molecule has 1 amide bonds. The largest absolute Gasteiger partial charge is 0.480 e. The third-order valence-electron chi connectivity index (χ3n) is 3.39. The van der Waals surface area contributed by atoms with Crippen molar-refractivity contribution in [1.82, 2.24) is 4.90 Å². The molecule has 3 nitrogen and oxygen atoms in total. The number of ether oxygens (including phenoxy) is 1. The molecular weight excluding hydrogens is 238 g/mol. The van der Waals surface area contributed by atoms with Gasteiger partial charge in [-0.05, 0) is 36.6 Å². The predicted molar refractivity (Wildman–Crippen MR) is 65.4 cm³/mol. The Labute approximate surface area is 105 Å². The summed E-state index contributed by atoms with van der Waals surface area (Å²) in [6.45, 7) is 1.74. The number of fused-ring (bicyclic) bond motifs is 1. The molecule has 4 heteroatoms. The first-order valence-electron chi connectivity index (χ1n) is 5.98. The van der Waals surface area contributed by atoms with E-state index in [1.54, 1.807) is 6.07 Å². The predicted octanol–water partition coefficient (Wildman–Crippen LogP) is 2.27. The SMILES string of the molecule is O=C(C1Cc2cc(Cl)ccc2O1)N1CCCC1. The van der Waals surface area contributed by atoms with Crippen molar-refractivity contribution in [1.29, 1.82) is 0 Å². The van der Waals surface area contributed by atoms with Gasteiger partial charge in [0, 0.05) is 24.5 Å². The second kappa shape index (κ2) is 4.22. The van der Waals surface area contributed by atoms with E-state index in [2.05, 4.69) is 0 Å². The van der Waals surface area contributed by atoms with Crippen molar-refractivity contribution in [3.63, 3.8) is 0 Å². The Hall–Kier alpha value is -1.22. The van der Waals surface area contributed by atoms with Gasteiger partial charge >= 0.3 is 0 Å². The number of rotatable bonds is 1. The number of hydrogen-bond acceptors (Lipinski definition) is 2. The van der Waals surface area contributed by atoms with Crippen LogP contribution in [0.2, 0.25) is 5.02 Å². The average Bonchev–Trinajstić information content (AvgIpc) is 2.96. The lowest BCUT2D eigenvalue weighted by Gasteiger charge is -2.19. The van der Waals surface area contributed by atoms with Crippen molar-refractivity contribution in [2.24, 2.45) is 0 Å².